The molecule has 3 aromatic rings. The van der Waals surface area contributed by atoms with Gasteiger partial charge in [0.15, 0.2) is 5.13 Å². The van der Waals surface area contributed by atoms with Gasteiger partial charge >= 0.3 is 0 Å². The number of anilines is 1. The summed E-state index contributed by atoms with van der Waals surface area (Å²) in [7, 11) is 7.40. The number of thiazole rings is 1. The molecule has 7 nitrogen and oxygen atoms in total. The van der Waals surface area contributed by atoms with Gasteiger partial charge in [0.2, 0.25) is 0 Å². The summed E-state index contributed by atoms with van der Waals surface area (Å²) >= 11 is 1.52. The van der Waals surface area contributed by atoms with Crippen molar-refractivity contribution in [2.24, 2.45) is 7.05 Å². The molecule has 0 N–H and O–H groups in total. The Labute approximate surface area is 163 Å². The number of hydrogen-bond donors (Lipinski definition) is 0. The van der Waals surface area contributed by atoms with Crippen molar-refractivity contribution < 1.29 is 9.53 Å². The molecule has 144 valence electrons. The summed E-state index contributed by atoms with van der Waals surface area (Å²) in [5, 5.41) is 4.89. The van der Waals surface area contributed by atoms with Gasteiger partial charge in [-0.2, -0.15) is 5.10 Å². The van der Waals surface area contributed by atoms with Gasteiger partial charge < -0.3 is 9.64 Å². The minimum Gasteiger partial charge on any atom is -0.494 e. The SMILES string of the molecule is COc1ccc(C)c2sc(N(CCN(C)C)C(=O)c3c(C)cnn3C)nc12. The number of rotatable bonds is 6. The van der Waals surface area contributed by atoms with Gasteiger partial charge in [-0.15, -0.1) is 0 Å². The summed E-state index contributed by atoms with van der Waals surface area (Å²) in [6.07, 6.45) is 1.71. The fourth-order valence-electron chi connectivity index (χ4n) is 2.94. The van der Waals surface area contributed by atoms with Crippen LogP contribution < -0.4 is 9.64 Å². The van der Waals surface area contributed by atoms with Crippen molar-refractivity contribution in [2.75, 3.05) is 39.2 Å². The molecule has 2 heterocycles. The van der Waals surface area contributed by atoms with E-state index in [1.54, 1.807) is 29.9 Å². The lowest BCUT2D eigenvalue weighted by atomic mass is 10.2. The molecule has 0 atom stereocenters. The van der Waals surface area contributed by atoms with Crippen molar-refractivity contribution in [1.82, 2.24) is 19.7 Å². The van der Waals surface area contributed by atoms with E-state index >= 15 is 0 Å². The second-order valence-electron chi connectivity index (χ2n) is 6.82. The number of aryl methyl sites for hydroxylation is 3. The van der Waals surface area contributed by atoms with Crippen molar-refractivity contribution in [2.45, 2.75) is 13.8 Å². The Hall–Kier alpha value is -2.45. The number of carbonyl (C=O) groups excluding carboxylic acids is 1. The molecule has 0 aliphatic heterocycles. The fraction of sp³-hybridized carbons (Fsp3) is 0.421. The number of methoxy groups -OCH3 is 1. The average molecular weight is 388 g/mol. The first-order valence-electron chi connectivity index (χ1n) is 8.72. The Balaban J connectivity index is 2.09. The first kappa shape index (κ1) is 19.3. The molecule has 2 aromatic heterocycles. The Morgan fingerprint density at radius 2 is 1.96 bits per heavy atom. The Morgan fingerprint density at radius 3 is 2.56 bits per heavy atom. The van der Waals surface area contributed by atoms with Gasteiger partial charge in [0.05, 0.1) is 18.0 Å². The van der Waals surface area contributed by atoms with E-state index < -0.39 is 0 Å². The second kappa shape index (κ2) is 7.66. The molecule has 0 saturated heterocycles. The number of carbonyl (C=O) groups is 1. The second-order valence-corrected chi connectivity index (χ2v) is 7.80. The van der Waals surface area contributed by atoms with Gasteiger partial charge in [-0.25, -0.2) is 4.98 Å². The third-order valence-corrected chi connectivity index (χ3v) is 5.70. The minimum absolute atomic E-state index is 0.0926. The highest BCUT2D eigenvalue weighted by Crippen LogP contribution is 2.36. The molecule has 1 amide bonds. The smallest absolute Gasteiger partial charge is 0.278 e. The number of hydrogen-bond acceptors (Lipinski definition) is 6. The zero-order valence-corrected chi connectivity index (χ0v) is 17.4. The molecule has 0 saturated carbocycles. The van der Waals surface area contributed by atoms with Crippen molar-refractivity contribution in [3.63, 3.8) is 0 Å². The van der Waals surface area contributed by atoms with Crippen LogP contribution in [0.15, 0.2) is 18.3 Å². The molecule has 0 bridgehead atoms. The zero-order chi connectivity index (χ0) is 19.7. The van der Waals surface area contributed by atoms with Gasteiger partial charge in [0, 0.05) is 20.1 Å². The summed E-state index contributed by atoms with van der Waals surface area (Å²) in [6, 6.07) is 3.93. The van der Waals surface area contributed by atoms with Crippen molar-refractivity contribution in [1.29, 1.82) is 0 Å². The molecular weight excluding hydrogens is 362 g/mol. The monoisotopic (exact) mass is 387 g/mol. The average Bonchev–Trinajstić information content (AvgIpc) is 3.19. The lowest BCUT2D eigenvalue weighted by molar-refractivity contribution is 0.0975. The van der Waals surface area contributed by atoms with E-state index in [9.17, 15) is 4.79 Å². The van der Waals surface area contributed by atoms with Crippen LogP contribution in [0.3, 0.4) is 0 Å². The van der Waals surface area contributed by atoms with Crippen LogP contribution in [0, 0.1) is 13.8 Å². The highest BCUT2D eigenvalue weighted by Gasteiger charge is 2.26. The number of aromatic nitrogens is 3. The first-order valence-corrected chi connectivity index (χ1v) is 9.54. The highest BCUT2D eigenvalue weighted by molar-refractivity contribution is 7.22. The lowest BCUT2D eigenvalue weighted by Crippen LogP contribution is -2.38. The normalized spacial score (nSPS) is 11.4. The number of likely N-dealkylation sites (N-methyl/N-ethyl adjacent to an activating group) is 1. The summed E-state index contributed by atoms with van der Waals surface area (Å²) in [5.74, 6) is 0.625. The van der Waals surface area contributed by atoms with Crippen LogP contribution in [0.1, 0.15) is 21.6 Å². The maximum Gasteiger partial charge on any atom is 0.278 e. The largest absolute Gasteiger partial charge is 0.494 e. The third-order valence-electron chi connectivity index (χ3n) is 4.48. The van der Waals surface area contributed by atoms with Crippen LogP contribution >= 0.6 is 11.3 Å². The number of fused-ring (bicyclic) bond motifs is 1. The van der Waals surface area contributed by atoms with Gasteiger partial charge in [-0.3, -0.25) is 14.4 Å². The number of nitrogens with zero attached hydrogens (tertiary/aromatic N) is 5. The van der Waals surface area contributed by atoms with E-state index in [-0.39, 0.29) is 5.91 Å². The van der Waals surface area contributed by atoms with Crippen LogP contribution in [0.2, 0.25) is 0 Å². The van der Waals surface area contributed by atoms with E-state index in [1.165, 1.54) is 11.3 Å². The molecule has 8 heteroatoms. The van der Waals surface area contributed by atoms with Crippen LogP contribution in [0.4, 0.5) is 5.13 Å². The molecule has 0 spiro atoms. The number of benzene rings is 1. The molecule has 0 unspecified atom stereocenters. The lowest BCUT2D eigenvalue weighted by Gasteiger charge is -2.22. The van der Waals surface area contributed by atoms with Crippen LogP contribution in [0.5, 0.6) is 5.75 Å². The Bertz CT molecular complexity index is 957. The summed E-state index contributed by atoms with van der Waals surface area (Å²) in [4.78, 5) is 21.9. The minimum atomic E-state index is -0.0926. The molecular formula is C19H25N5O2S. The molecule has 1 aromatic carbocycles. The maximum atomic E-state index is 13.4. The van der Waals surface area contributed by atoms with Gasteiger partial charge in [0.1, 0.15) is 17.0 Å². The van der Waals surface area contributed by atoms with Crippen molar-refractivity contribution in [3.05, 3.63) is 35.2 Å². The summed E-state index contributed by atoms with van der Waals surface area (Å²) in [5.41, 5.74) is 3.34. The van der Waals surface area contributed by atoms with Gasteiger partial charge in [-0.05, 0) is 45.1 Å². The maximum absolute atomic E-state index is 13.4. The van der Waals surface area contributed by atoms with E-state index in [0.717, 1.165) is 33.6 Å². The summed E-state index contributed by atoms with van der Waals surface area (Å²) in [6.45, 7) is 5.21. The van der Waals surface area contributed by atoms with Crippen LogP contribution in [-0.4, -0.2) is 59.9 Å². The van der Waals surface area contributed by atoms with Crippen molar-refractivity contribution in [3.8, 4) is 5.75 Å². The number of amides is 1. The predicted octanol–water partition coefficient (Wildman–Crippen LogP) is 2.86. The van der Waals surface area contributed by atoms with E-state index in [1.807, 2.05) is 40.1 Å². The third kappa shape index (κ3) is 3.68. The quantitative estimate of drug-likeness (QED) is 0.651. The topological polar surface area (TPSA) is 63.5 Å². The van der Waals surface area contributed by atoms with E-state index in [2.05, 4.69) is 10.00 Å². The fourth-order valence-corrected chi connectivity index (χ4v) is 4.02. The highest BCUT2D eigenvalue weighted by atomic mass is 32.1. The number of ether oxygens (including phenoxy) is 1. The molecule has 0 radical (unpaired) electrons. The van der Waals surface area contributed by atoms with Gasteiger partial charge in [-0.1, -0.05) is 17.4 Å². The summed E-state index contributed by atoms with van der Waals surface area (Å²) < 4.78 is 8.12. The van der Waals surface area contributed by atoms with Crippen molar-refractivity contribution >= 4 is 32.6 Å². The standard InChI is InChI=1S/C19H25N5O2S/c1-12-7-8-14(26-6)15-17(12)27-19(21-15)24(10-9-22(3)4)18(25)16-13(2)11-20-23(16)5/h7-8,11H,9-10H2,1-6H3. The van der Waals surface area contributed by atoms with Crippen LogP contribution in [-0.2, 0) is 7.05 Å². The Morgan fingerprint density at radius 1 is 1.22 bits per heavy atom. The molecule has 0 fully saturated rings. The first-order chi connectivity index (χ1) is 12.8. The predicted molar refractivity (Wildman–Crippen MR) is 109 cm³/mol. The Kier molecular flexibility index (Phi) is 5.48. The zero-order valence-electron chi connectivity index (χ0n) is 16.6. The molecule has 0 aliphatic rings. The van der Waals surface area contributed by atoms with Crippen LogP contribution in [0.25, 0.3) is 10.2 Å². The molecule has 3 rings (SSSR count). The van der Waals surface area contributed by atoms with E-state index in [4.69, 9.17) is 9.72 Å². The molecule has 0 aliphatic carbocycles. The van der Waals surface area contributed by atoms with E-state index in [0.29, 0.717) is 17.4 Å². The molecule has 27 heavy (non-hydrogen) atoms. The van der Waals surface area contributed by atoms with Gasteiger partial charge in [0.25, 0.3) is 5.91 Å².